The van der Waals surface area contributed by atoms with Crippen LogP contribution in [-0.2, 0) is 4.74 Å². The Morgan fingerprint density at radius 2 is 1.94 bits per heavy atom. The normalized spacial score (nSPS) is 12.5. The molecule has 0 heterocycles. The highest BCUT2D eigenvalue weighted by atomic mass is 19.1. The maximum Gasteiger partial charge on any atom is 0.151 e. The molecule has 1 rings (SSSR count). The number of nitrogens with two attached hydrogens (primary N) is 1. The first-order valence-electron chi connectivity index (χ1n) is 5.04. The lowest BCUT2D eigenvalue weighted by molar-refractivity contribution is 0.191. The van der Waals surface area contributed by atoms with Crippen LogP contribution < -0.4 is 11.1 Å². The monoisotopic (exact) mass is 230 g/mol. The lowest BCUT2D eigenvalue weighted by Crippen LogP contribution is -2.19. The minimum Gasteiger partial charge on any atom is -0.399 e. The maximum absolute atomic E-state index is 13.4. The maximum atomic E-state index is 13.4. The van der Waals surface area contributed by atoms with Gasteiger partial charge in [-0.25, -0.2) is 8.78 Å². The van der Waals surface area contributed by atoms with Crippen LogP contribution in [-0.4, -0.2) is 19.8 Å². The van der Waals surface area contributed by atoms with Gasteiger partial charge in [-0.2, -0.15) is 0 Å². The average molecular weight is 230 g/mol. The number of anilines is 2. The van der Waals surface area contributed by atoms with E-state index in [1.54, 1.807) is 7.11 Å². The molecule has 0 aliphatic carbocycles. The van der Waals surface area contributed by atoms with Crippen molar-refractivity contribution in [2.75, 3.05) is 24.8 Å². The van der Waals surface area contributed by atoms with Crippen LogP contribution in [0.2, 0.25) is 0 Å². The third-order valence-electron chi connectivity index (χ3n) is 2.21. The van der Waals surface area contributed by atoms with Crippen molar-refractivity contribution in [1.82, 2.24) is 0 Å². The number of hydrogen-bond donors (Lipinski definition) is 2. The van der Waals surface area contributed by atoms with E-state index in [0.717, 1.165) is 12.1 Å². The zero-order valence-corrected chi connectivity index (χ0v) is 9.39. The van der Waals surface area contributed by atoms with E-state index in [-0.39, 0.29) is 17.4 Å². The van der Waals surface area contributed by atoms with E-state index in [0.29, 0.717) is 13.0 Å². The number of nitrogen functional groups attached to an aromatic ring is 1. The Bertz CT molecular complexity index is 335. The molecule has 1 unspecified atom stereocenters. The smallest absolute Gasteiger partial charge is 0.151 e. The third-order valence-corrected chi connectivity index (χ3v) is 2.21. The Morgan fingerprint density at radius 1 is 1.38 bits per heavy atom. The Hall–Kier alpha value is -1.36. The zero-order chi connectivity index (χ0) is 12.1. The van der Waals surface area contributed by atoms with E-state index in [1.165, 1.54) is 0 Å². The summed E-state index contributed by atoms with van der Waals surface area (Å²) in [5, 5.41) is 2.75. The largest absolute Gasteiger partial charge is 0.399 e. The zero-order valence-electron chi connectivity index (χ0n) is 9.39. The van der Waals surface area contributed by atoms with Crippen molar-refractivity contribution in [2.24, 2.45) is 0 Å². The van der Waals surface area contributed by atoms with Gasteiger partial charge in [-0.3, -0.25) is 0 Å². The fourth-order valence-electron chi connectivity index (χ4n) is 1.34. The number of nitrogens with one attached hydrogen (secondary N) is 1. The fraction of sp³-hybridized carbons (Fsp3) is 0.455. The predicted octanol–water partition coefficient (Wildman–Crippen LogP) is 2.38. The van der Waals surface area contributed by atoms with Crippen LogP contribution >= 0.6 is 0 Å². The molecule has 1 aromatic rings. The van der Waals surface area contributed by atoms with Gasteiger partial charge >= 0.3 is 0 Å². The van der Waals surface area contributed by atoms with Crippen LogP contribution in [0.5, 0.6) is 0 Å². The molecule has 5 heteroatoms. The van der Waals surface area contributed by atoms with Crippen molar-refractivity contribution in [3.8, 4) is 0 Å². The first-order valence-corrected chi connectivity index (χ1v) is 5.04. The molecule has 16 heavy (non-hydrogen) atoms. The Balaban J connectivity index is 2.73. The summed E-state index contributed by atoms with van der Waals surface area (Å²) in [6, 6.07) is 2.11. The Labute approximate surface area is 93.6 Å². The number of hydrogen-bond acceptors (Lipinski definition) is 3. The van der Waals surface area contributed by atoms with Crippen molar-refractivity contribution in [3.05, 3.63) is 23.8 Å². The molecule has 0 aliphatic heterocycles. The van der Waals surface area contributed by atoms with Crippen molar-refractivity contribution in [3.63, 3.8) is 0 Å². The first kappa shape index (κ1) is 12.7. The summed E-state index contributed by atoms with van der Waals surface area (Å²) in [7, 11) is 1.58. The lowest BCUT2D eigenvalue weighted by Gasteiger charge is -2.16. The van der Waals surface area contributed by atoms with Gasteiger partial charge < -0.3 is 15.8 Å². The van der Waals surface area contributed by atoms with Crippen molar-refractivity contribution < 1.29 is 13.5 Å². The first-order chi connectivity index (χ1) is 7.54. The van der Waals surface area contributed by atoms with Crippen LogP contribution in [0.15, 0.2) is 12.1 Å². The SMILES string of the molecule is COCCC(C)Nc1c(F)cc(N)cc1F. The van der Waals surface area contributed by atoms with Gasteiger partial charge in [0.2, 0.25) is 0 Å². The highest BCUT2D eigenvalue weighted by molar-refractivity contribution is 5.54. The molecule has 0 aliphatic rings. The molecule has 0 amide bonds. The second-order valence-corrected chi connectivity index (χ2v) is 3.69. The minimum absolute atomic E-state index is 0.0742. The van der Waals surface area contributed by atoms with Crippen LogP contribution in [0.3, 0.4) is 0 Å². The molecule has 0 bridgehead atoms. The van der Waals surface area contributed by atoms with E-state index in [2.05, 4.69) is 5.32 Å². The number of rotatable bonds is 5. The van der Waals surface area contributed by atoms with Crippen LogP contribution in [0.1, 0.15) is 13.3 Å². The molecule has 3 nitrogen and oxygen atoms in total. The highest BCUT2D eigenvalue weighted by Crippen LogP contribution is 2.22. The Kier molecular flexibility index (Phi) is 4.49. The number of ether oxygens (including phenoxy) is 1. The van der Waals surface area contributed by atoms with Crippen molar-refractivity contribution in [2.45, 2.75) is 19.4 Å². The summed E-state index contributed by atoms with van der Waals surface area (Å²) in [6.07, 6.45) is 0.666. The number of benzene rings is 1. The average Bonchev–Trinajstić information content (AvgIpc) is 2.20. The molecular formula is C11H16F2N2O. The molecule has 0 radical (unpaired) electrons. The third kappa shape index (κ3) is 3.34. The van der Waals surface area contributed by atoms with Gasteiger partial charge in [-0.05, 0) is 25.5 Å². The second-order valence-electron chi connectivity index (χ2n) is 3.69. The topological polar surface area (TPSA) is 47.3 Å². The molecule has 0 fully saturated rings. The van der Waals surface area contributed by atoms with E-state index in [9.17, 15) is 8.78 Å². The molecule has 0 aromatic heterocycles. The van der Waals surface area contributed by atoms with Gasteiger partial charge in [0.15, 0.2) is 11.6 Å². The standard InChI is InChI=1S/C11H16F2N2O/c1-7(3-4-16-2)15-11-9(12)5-8(14)6-10(11)13/h5-7,15H,3-4,14H2,1-2H3. The molecule has 3 N–H and O–H groups in total. The van der Waals surface area contributed by atoms with E-state index in [4.69, 9.17) is 10.5 Å². The van der Waals surface area contributed by atoms with Crippen LogP contribution in [0.25, 0.3) is 0 Å². The van der Waals surface area contributed by atoms with Crippen LogP contribution in [0.4, 0.5) is 20.2 Å². The minimum atomic E-state index is -0.679. The van der Waals surface area contributed by atoms with Gasteiger partial charge in [0.05, 0.1) is 0 Å². The predicted molar refractivity (Wildman–Crippen MR) is 60.3 cm³/mol. The van der Waals surface area contributed by atoms with Crippen molar-refractivity contribution in [1.29, 1.82) is 0 Å². The van der Waals surface area contributed by atoms with Crippen molar-refractivity contribution >= 4 is 11.4 Å². The summed E-state index contributed by atoms with van der Waals surface area (Å²) >= 11 is 0. The van der Waals surface area contributed by atoms with Gasteiger partial charge in [0, 0.05) is 25.4 Å². The van der Waals surface area contributed by atoms with Gasteiger partial charge in [0.25, 0.3) is 0 Å². The summed E-state index contributed by atoms with van der Waals surface area (Å²) in [4.78, 5) is 0. The summed E-state index contributed by atoms with van der Waals surface area (Å²) < 4.78 is 31.6. The fourth-order valence-corrected chi connectivity index (χ4v) is 1.34. The quantitative estimate of drug-likeness (QED) is 0.763. The van der Waals surface area contributed by atoms with Gasteiger partial charge in [-0.15, -0.1) is 0 Å². The summed E-state index contributed by atoms with van der Waals surface area (Å²) in [6.45, 7) is 2.36. The van der Waals surface area contributed by atoms with E-state index < -0.39 is 11.6 Å². The molecule has 1 aromatic carbocycles. The molecular weight excluding hydrogens is 214 g/mol. The number of halogens is 2. The highest BCUT2D eigenvalue weighted by Gasteiger charge is 2.12. The molecule has 0 saturated carbocycles. The second kappa shape index (κ2) is 5.65. The summed E-state index contributed by atoms with van der Waals surface area (Å²) in [5.41, 5.74) is 5.24. The van der Waals surface area contributed by atoms with E-state index >= 15 is 0 Å². The Morgan fingerprint density at radius 3 is 2.44 bits per heavy atom. The van der Waals surface area contributed by atoms with Gasteiger partial charge in [0.1, 0.15) is 5.69 Å². The van der Waals surface area contributed by atoms with Crippen LogP contribution in [0, 0.1) is 11.6 Å². The summed E-state index contributed by atoms with van der Waals surface area (Å²) in [5.74, 6) is -1.36. The lowest BCUT2D eigenvalue weighted by atomic mass is 10.2. The van der Waals surface area contributed by atoms with Gasteiger partial charge in [-0.1, -0.05) is 0 Å². The molecule has 1 atom stereocenters. The molecule has 90 valence electrons. The molecule has 0 spiro atoms. The molecule has 0 saturated heterocycles. The van der Waals surface area contributed by atoms with E-state index in [1.807, 2.05) is 6.92 Å². The number of methoxy groups -OCH3 is 1.